The summed E-state index contributed by atoms with van der Waals surface area (Å²) >= 11 is 0. The highest BCUT2D eigenvalue weighted by atomic mass is 19.1. The lowest BCUT2D eigenvalue weighted by Gasteiger charge is -2.38. The molecule has 4 nitrogen and oxygen atoms in total. The van der Waals surface area contributed by atoms with Crippen molar-refractivity contribution in [3.63, 3.8) is 0 Å². The molecule has 1 N–H and O–H groups in total. The largest absolute Gasteiger partial charge is 0.356 e. The lowest BCUT2D eigenvalue weighted by molar-refractivity contribution is -0.120. The maximum absolute atomic E-state index is 13.3. The van der Waals surface area contributed by atoms with Gasteiger partial charge in [-0.05, 0) is 42.7 Å². The molecule has 1 saturated carbocycles. The van der Waals surface area contributed by atoms with Gasteiger partial charge in [-0.25, -0.2) is 4.39 Å². The number of benzene rings is 2. The number of para-hydroxylation sites is 1. The van der Waals surface area contributed by atoms with Crippen molar-refractivity contribution in [3.05, 3.63) is 65.6 Å². The van der Waals surface area contributed by atoms with Crippen molar-refractivity contribution in [3.8, 4) is 0 Å². The molecule has 1 aliphatic carbocycles. The number of hydrogen-bond acceptors (Lipinski definition) is 3. The minimum absolute atomic E-state index is 0.0684. The molecule has 1 aliphatic rings. The fraction of sp³-hybridized carbons (Fsp3) is 0.364. The summed E-state index contributed by atoms with van der Waals surface area (Å²) in [6, 6.07) is 14.3. The van der Waals surface area contributed by atoms with E-state index in [0.29, 0.717) is 17.8 Å². The van der Waals surface area contributed by atoms with E-state index in [9.17, 15) is 9.18 Å². The van der Waals surface area contributed by atoms with Crippen LogP contribution in [0.4, 0.5) is 4.39 Å². The molecule has 0 spiro atoms. The lowest BCUT2D eigenvalue weighted by atomic mass is 9.69. The number of hydrogen-bond donors (Lipinski definition) is 1. The normalized spacial score (nSPS) is 16.3. The van der Waals surface area contributed by atoms with E-state index in [0.717, 1.165) is 36.6 Å². The second-order valence-corrected chi connectivity index (χ2v) is 7.43. The average molecular weight is 366 g/mol. The van der Waals surface area contributed by atoms with E-state index in [1.54, 1.807) is 0 Å². The summed E-state index contributed by atoms with van der Waals surface area (Å²) in [5.74, 6) is -0.298. The molecule has 27 heavy (non-hydrogen) atoms. The van der Waals surface area contributed by atoms with Crippen LogP contribution in [0, 0.1) is 5.82 Å². The first-order valence-electron chi connectivity index (χ1n) is 9.52. The van der Waals surface area contributed by atoms with E-state index < -0.39 is 0 Å². The zero-order valence-electron chi connectivity index (χ0n) is 15.2. The fourth-order valence-electron chi connectivity index (χ4n) is 4.15. The van der Waals surface area contributed by atoms with Gasteiger partial charge in [0.05, 0.1) is 6.42 Å². The van der Waals surface area contributed by atoms with Crippen LogP contribution < -0.4 is 5.32 Å². The molecule has 0 radical (unpaired) electrons. The van der Waals surface area contributed by atoms with Crippen molar-refractivity contribution in [2.24, 2.45) is 0 Å². The summed E-state index contributed by atoms with van der Waals surface area (Å²) < 4.78 is 18.6. The highest BCUT2D eigenvalue weighted by Crippen LogP contribution is 2.39. The van der Waals surface area contributed by atoms with E-state index in [-0.39, 0.29) is 23.6 Å². The quantitative estimate of drug-likeness (QED) is 0.722. The fourth-order valence-corrected chi connectivity index (χ4v) is 4.15. The van der Waals surface area contributed by atoms with E-state index >= 15 is 0 Å². The van der Waals surface area contributed by atoms with E-state index in [1.807, 2.05) is 36.4 Å². The number of amides is 1. The molecule has 0 bridgehead atoms. The van der Waals surface area contributed by atoms with Gasteiger partial charge in [0.25, 0.3) is 0 Å². The molecular weight excluding hydrogens is 343 g/mol. The molecule has 0 atom stereocenters. The molecule has 0 saturated heterocycles. The summed E-state index contributed by atoms with van der Waals surface area (Å²) in [5.41, 5.74) is 2.33. The van der Waals surface area contributed by atoms with Crippen molar-refractivity contribution < 1.29 is 13.7 Å². The summed E-state index contributed by atoms with van der Waals surface area (Å²) in [7, 11) is 0. The Balaban J connectivity index is 1.47. The molecule has 0 unspecified atom stereocenters. The highest BCUT2D eigenvalue weighted by molar-refractivity contribution is 5.86. The van der Waals surface area contributed by atoms with Gasteiger partial charge in [-0.2, -0.15) is 0 Å². The number of carbonyl (C=O) groups excluding carboxylic acids is 1. The van der Waals surface area contributed by atoms with Gasteiger partial charge >= 0.3 is 0 Å². The standard InChI is InChI=1S/C22H23FN2O2/c23-17-10-8-16(9-11-17)22(12-4-1-5-13-22)15-24-21(26)14-19-18-6-2-3-7-20(18)27-25-19/h2-3,6-11H,1,4-5,12-15H2,(H,24,26). The van der Waals surface area contributed by atoms with Crippen molar-refractivity contribution >= 4 is 16.9 Å². The number of rotatable bonds is 5. The van der Waals surface area contributed by atoms with Crippen LogP contribution in [0.1, 0.15) is 43.4 Å². The summed E-state index contributed by atoms with van der Waals surface area (Å²) in [5, 5.41) is 8.01. The molecular formula is C22H23FN2O2. The Kier molecular flexibility index (Phi) is 4.92. The molecule has 1 heterocycles. The van der Waals surface area contributed by atoms with Crippen LogP contribution in [0.3, 0.4) is 0 Å². The first-order chi connectivity index (χ1) is 13.2. The van der Waals surface area contributed by atoms with Gasteiger partial charge in [0, 0.05) is 17.3 Å². The summed E-state index contributed by atoms with van der Waals surface area (Å²) in [4.78, 5) is 12.6. The number of fused-ring (bicyclic) bond motifs is 1. The average Bonchev–Trinajstić information content (AvgIpc) is 3.11. The molecule has 140 valence electrons. The molecule has 4 rings (SSSR count). The zero-order chi connectivity index (χ0) is 18.7. The molecule has 5 heteroatoms. The van der Waals surface area contributed by atoms with Gasteiger partial charge in [0.2, 0.25) is 5.91 Å². The first-order valence-corrected chi connectivity index (χ1v) is 9.52. The molecule has 1 amide bonds. The van der Waals surface area contributed by atoms with Gasteiger partial charge in [0.15, 0.2) is 5.58 Å². The summed E-state index contributed by atoms with van der Waals surface area (Å²) in [6.45, 7) is 0.563. The topological polar surface area (TPSA) is 55.1 Å². The number of halogens is 1. The third-order valence-electron chi connectivity index (χ3n) is 5.67. The van der Waals surface area contributed by atoms with Gasteiger partial charge < -0.3 is 9.84 Å². The molecule has 3 aromatic rings. The smallest absolute Gasteiger partial charge is 0.226 e. The van der Waals surface area contributed by atoms with Crippen molar-refractivity contribution in [1.29, 1.82) is 0 Å². The zero-order valence-corrected chi connectivity index (χ0v) is 15.2. The monoisotopic (exact) mass is 366 g/mol. The maximum atomic E-state index is 13.3. The number of carbonyl (C=O) groups is 1. The third-order valence-corrected chi connectivity index (χ3v) is 5.67. The highest BCUT2D eigenvalue weighted by Gasteiger charge is 2.34. The van der Waals surface area contributed by atoms with Crippen molar-refractivity contribution in [1.82, 2.24) is 10.5 Å². The molecule has 1 aromatic heterocycles. The molecule has 2 aromatic carbocycles. The van der Waals surface area contributed by atoms with E-state index in [1.165, 1.54) is 18.6 Å². The number of nitrogens with one attached hydrogen (secondary N) is 1. The van der Waals surface area contributed by atoms with Crippen LogP contribution in [0.5, 0.6) is 0 Å². The first kappa shape index (κ1) is 17.7. The van der Waals surface area contributed by atoms with Crippen LogP contribution in [0.2, 0.25) is 0 Å². The van der Waals surface area contributed by atoms with Crippen LogP contribution in [0.15, 0.2) is 53.1 Å². The maximum Gasteiger partial charge on any atom is 0.226 e. The Bertz CT molecular complexity index is 927. The van der Waals surface area contributed by atoms with E-state index in [4.69, 9.17) is 4.52 Å². The van der Waals surface area contributed by atoms with Crippen LogP contribution >= 0.6 is 0 Å². The predicted octanol–water partition coefficient (Wildman–Crippen LogP) is 4.53. The second kappa shape index (κ2) is 7.51. The Hall–Kier alpha value is -2.69. The van der Waals surface area contributed by atoms with Crippen molar-refractivity contribution in [2.45, 2.75) is 43.9 Å². The summed E-state index contributed by atoms with van der Waals surface area (Å²) in [6.07, 6.45) is 5.66. The van der Waals surface area contributed by atoms with Gasteiger partial charge in [-0.15, -0.1) is 0 Å². The number of nitrogens with zero attached hydrogens (tertiary/aromatic N) is 1. The minimum Gasteiger partial charge on any atom is -0.356 e. The van der Waals surface area contributed by atoms with Gasteiger partial charge in [0.1, 0.15) is 11.5 Å². The minimum atomic E-state index is -0.230. The Labute approximate surface area is 157 Å². The lowest BCUT2D eigenvalue weighted by Crippen LogP contribution is -2.42. The van der Waals surface area contributed by atoms with Gasteiger partial charge in [-0.1, -0.05) is 48.7 Å². The SMILES string of the molecule is O=C(Cc1noc2ccccc12)NCC1(c2ccc(F)cc2)CCCCC1. The number of aromatic nitrogens is 1. The Morgan fingerprint density at radius 2 is 1.81 bits per heavy atom. The third kappa shape index (κ3) is 3.72. The van der Waals surface area contributed by atoms with Crippen LogP contribution in [0.25, 0.3) is 11.0 Å². The Morgan fingerprint density at radius 1 is 1.07 bits per heavy atom. The van der Waals surface area contributed by atoms with E-state index in [2.05, 4.69) is 10.5 Å². The van der Waals surface area contributed by atoms with Crippen molar-refractivity contribution in [2.75, 3.05) is 6.54 Å². The molecule has 0 aliphatic heterocycles. The van der Waals surface area contributed by atoms with Gasteiger partial charge in [-0.3, -0.25) is 4.79 Å². The van der Waals surface area contributed by atoms with Crippen LogP contribution in [-0.2, 0) is 16.6 Å². The van der Waals surface area contributed by atoms with Crippen LogP contribution in [-0.4, -0.2) is 17.6 Å². The molecule has 1 fully saturated rings. The predicted molar refractivity (Wildman–Crippen MR) is 102 cm³/mol. The Morgan fingerprint density at radius 3 is 2.59 bits per heavy atom. The second-order valence-electron chi connectivity index (χ2n) is 7.43.